The third-order valence-corrected chi connectivity index (χ3v) is 6.05. The molecule has 0 saturated carbocycles. The van der Waals surface area contributed by atoms with E-state index in [1.165, 1.54) is 12.1 Å². The molecular weight excluding hydrogens is 357 g/mol. The number of fused-ring (bicyclic) bond motifs is 3. The molecule has 0 radical (unpaired) electrons. The lowest BCUT2D eigenvalue weighted by Crippen LogP contribution is -2.32. The van der Waals surface area contributed by atoms with Crippen molar-refractivity contribution in [2.75, 3.05) is 5.75 Å². The van der Waals surface area contributed by atoms with Crippen LogP contribution in [0.3, 0.4) is 0 Å². The van der Waals surface area contributed by atoms with Crippen molar-refractivity contribution in [1.82, 2.24) is 19.5 Å². The molecule has 0 aliphatic carbocycles. The largest absolute Gasteiger partial charge is 0.618 e. The molecule has 7 nitrogen and oxygen atoms in total. The van der Waals surface area contributed by atoms with Crippen LogP contribution >= 0.6 is 11.8 Å². The van der Waals surface area contributed by atoms with Gasteiger partial charge in [0.15, 0.2) is 0 Å². The van der Waals surface area contributed by atoms with Gasteiger partial charge in [-0.25, -0.2) is 9.37 Å². The maximum Gasteiger partial charge on any atom is 0.244 e. The van der Waals surface area contributed by atoms with Gasteiger partial charge in [0, 0.05) is 13.0 Å². The van der Waals surface area contributed by atoms with Crippen LogP contribution in [0.1, 0.15) is 29.7 Å². The Balaban J connectivity index is 1.72. The van der Waals surface area contributed by atoms with E-state index in [2.05, 4.69) is 15.1 Å². The normalized spacial score (nSPS) is 17.5. The van der Waals surface area contributed by atoms with Crippen LogP contribution in [0.25, 0.3) is 28.1 Å². The lowest BCUT2D eigenvalue weighted by atomic mass is 10.2. The number of thioether (sulfide) groups is 1. The molecule has 26 heavy (non-hydrogen) atoms. The summed E-state index contributed by atoms with van der Waals surface area (Å²) in [6, 6.07) is 4.10. The molecule has 1 aliphatic rings. The SMILES string of the molecule is Cc1c2c(-c3noc(C4CCCS4)n3)ncn2c2ccc(F)cc2[n+]1[O-]. The summed E-state index contributed by atoms with van der Waals surface area (Å²) in [5, 5.41) is 16.9. The topological polar surface area (TPSA) is 83.2 Å². The highest BCUT2D eigenvalue weighted by molar-refractivity contribution is 7.99. The molecule has 1 unspecified atom stereocenters. The van der Waals surface area contributed by atoms with Gasteiger partial charge in [-0.05, 0) is 30.7 Å². The molecule has 0 N–H and O–H groups in total. The average molecular weight is 371 g/mol. The number of imidazole rings is 1. The fourth-order valence-electron chi connectivity index (χ4n) is 3.41. The zero-order valence-electron chi connectivity index (χ0n) is 13.8. The van der Waals surface area contributed by atoms with Crippen molar-refractivity contribution in [2.24, 2.45) is 0 Å². The summed E-state index contributed by atoms with van der Waals surface area (Å²) in [6.07, 6.45) is 3.75. The van der Waals surface area contributed by atoms with Gasteiger partial charge in [-0.1, -0.05) is 5.16 Å². The van der Waals surface area contributed by atoms with Gasteiger partial charge in [-0.3, -0.25) is 4.40 Å². The zero-order chi connectivity index (χ0) is 17.8. The molecule has 132 valence electrons. The fourth-order valence-corrected chi connectivity index (χ4v) is 4.60. The summed E-state index contributed by atoms with van der Waals surface area (Å²) in [7, 11) is 0. The number of aryl methyl sites for hydroxylation is 1. The van der Waals surface area contributed by atoms with Crippen LogP contribution in [0.5, 0.6) is 0 Å². The number of hydrogen-bond acceptors (Lipinski definition) is 6. The number of benzene rings is 1. The van der Waals surface area contributed by atoms with E-state index in [9.17, 15) is 9.60 Å². The molecule has 3 aromatic heterocycles. The van der Waals surface area contributed by atoms with Crippen molar-refractivity contribution >= 4 is 28.3 Å². The van der Waals surface area contributed by atoms with Crippen molar-refractivity contribution in [1.29, 1.82) is 0 Å². The second kappa shape index (κ2) is 5.66. The van der Waals surface area contributed by atoms with Gasteiger partial charge in [-0.2, -0.15) is 9.71 Å². The summed E-state index contributed by atoms with van der Waals surface area (Å²) in [6.45, 7) is 1.67. The standard InChI is InChI=1S/C17H14FN5O2S/c1-9-15-14(16-20-17(25-21-16)13-3-2-6-26-13)19-8-22(15)11-5-4-10(18)7-12(11)23(9)24/h4-5,7-8,13H,2-3,6H2,1H3. The summed E-state index contributed by atoms with van der Waals surface area (Å²) >= 11 is 1.81. The molecule has 1 fully saturated rings. The molecule has 9 heteroatoms. The lowest BCUT2D eigenvalue weighted by molar-refractivity contribution is -0.583. The molecule has 4 aromatic rings. The van der Waals surface area contributed by atoms with Crippen LogP contribution in [0.15, 0.2) is 29.0 Å². The third kappa shape index (κ3) is 2.20. The maximum absolute atomic E-state index is 13.6. The smallest absolute Gasteiger partial charge is 0.244 e. The summed E-state index contributed by atoms with van der Waals surface area (Å²) in [5.41, 5.74) is 2.28. The van der Waals surface area contributed by atoms with E-state index in [0.717, 1.165) is 18.6 Å². The van der Waals surface area contributed by atoms with Gasteiger partial charge in [0.25, 0.3) is 0 Å². The summed E-state index contributed by atoms with van der Waals surface area (Å²) in [4.78, 5) is 8.91. The Kier molecular flexibility index (Phi) is 3.39. The Morgan fingerprint density at radius 1 is 1.42 bits per heavy atom. The summed E-state index contributed by atoms with van der Waals surface area (Å²) in [5.74, 6) is 1.59. The van der Waals surface area contributed by atoms with Gasteiger partial charge in [0.05, 0.1) is 5.25 Å². The Morgan fingerprint density at radius 2 is 2.31 bits per heavy atom. The minimum atomic E-state index is -0.460. The van der Waals surface area contributed by atoms with E-state index in [0.29, 0.717) is 38.9 Å². The van der Waals surface area contributed by atoms with Crippen molar-refractivity contribution in [2.45, 2.75) is 25.0 Å². The first-order chi connectivity index (χ1) is 12.6. The first-order valence-electron chi connectivity index (χ1n) is 8.27. The van der Waals surface area contributed by atoms with E-state index in [1.807, 2.05) is 0 Å². The van der Waals surface area contributed by atoms with Crippen molar-refractivity contribution in [3.05, 3.63) is 47.1 Å². The van der Waals surface area contributed by atoms with Gasteiger partial charge < -0.3 is 9.73 Å². The Morgan fingerprint density at radius 3 is 3.12 bits per heavy atom. The van der Waals surface area contributed by atoms with E-state index >= 15 is 0 Å². The predicted molar refractivity (Wildman–Crippen MR) is 94.1 cm³/mol. The second-order valence-corrected chi connectivity index (χ2v) is 7.59. The Labute approximate surface area is 151 Å². The molecule has 0 spiro atoms. The van der Waals surface area contributed by atoms with E-state index < -0.39 is 5.82 Å². The second-order valence-electron chi connectivity index (χ2n) is 6.28. The molecular formula is C17H14FN5O2S. The van der Waals surface area contributed by atoms with Crippen molar-refractivity contribution in [3.63, 3.8) is 0 Å². The monoisotopic (exact) mass is 371 g/mol. The minimum Gasteiger partial charge on any atom is -0.618 e. The lowest BCUT2D eigenvalue weighted by Gasteiger charge is -2.08. The number of rotatable bonds is 2. The van der Waals surface area contributed by atoms with Crippen molar-refractivity contribution < 1.29 is 13.6 Å². The van der Waals surface area contributed by atoms with Crippen LogP contribution < -0.4 is 4.73 Å². The third-order valence-electron chi connectivity index (χ3n) is 4.69. The van der Waals surface area contributed by atoms with E-state index in [1.54, 1.807) is 35.5 Å². The van der Waals surface area contributed by atoms with Crippen LogP contribution in [-0.2, 0) is 0 Å². The zero-order valence-corrected chi connectivity index (χ0v) is 14.7. The molecule has 1 aromatic carbocycles. The number of aromatic nitrogens is 5. The van der Waals surface area contributed by atoms with E-state index in [-0.39, 0.29) is 10.8 Å². The Bertz CT molecular complexity index is 1150. The van der Waals surface area contributed by atoms with Crippen LogP contribution in [0, 0.1) is 17.9 Å². The Hall–Kier alpha value is -2.68. The fraction of sp³-hybridized carbons (Fsp3) is 0.294. The molecule has 1 atom stereocenters. The molecule has 5 rings (SSSR count). The van der Waals surface area contributed by atoms with Crippen LogP contribution in [0.4, 0.5) is 4.39 Å². The molecule has 1 aliphatic heterocycles. The van der Waals surface area contributed by atoms with Crippen LogP contribution in [-0.4, -0.2) is 25.3 Å². The minimum absolute atomic E-state index is 0.222. The van der Waals surface area contributed by atoms with Gasteiger partial charge >= 0.3 is 0 Å². The molecule has 0 bridgehead atoms. The highest BCUT2D eigenvalue weighted by Crippen LogP contribution is 2.39. The average Bonchev–Trinajstić information content (AvgIpc) is 3.38. The van der Waals surface area contributed by atoms with Crippen LogP contribution in [0.2, 0.25) is 0 Å². The predicted octanol–water partition coefficient (Wildman–Crippen LogP) is 3.19. The number of hydrogen-bond donors (Lipinski definition) is 0. The first-order valence-corrected chi connectivity index (χ1v) is 9.32. The van der Waals surface area contributed by atoms with Gasteiger partial charge in [0.2, 0.25) is 22.9 Å². The molecule has 0 amide bonds. The van der Waals surface area contributed by atoms with Crippen molar-refractivity contribution in [3.8, 4) is 11.5 Å². The van der Waals surface area contributed by atoms with Gasteiger partial charge in [0.1, 0.15) is 28.9 Å². The number of halogens is 1. The highest BCUT2D eigenvalue weighted by Gasteiger charge is 2.27. The molecule has 1 saturated heterocycles. The molecule has 4 heterocycles. The maximum atomic E-state index is 13.6. The summed E-state index contributed by atoms with van der Waals surface area (Å²) < 4.78 is 21.5. The van der Waals surface area contributed by atoms with E-state index in [4.69, 9.17) is 4.52 Å². The number of nitrogens with zero attached hydrogens (tertiary/aromatic N) is 5. The van der Waals surface area contributed by atoms with Gasteiger partial charge in [-0.15, -0.1) is 11.8 Å². The highest BCUT2D eigenvalue weighted by atomic mass is 32.2. The quantitative estimate of drug-likeness (QED) is 0.397. The first kappa shape index (κ1) is 15.6.